The number of ether oxygens (including phenoxy) is 1. The molecule has 4 aromatic heterocycles. The molecule has 0 radical (unpaired) electrons. The van der Waals surface area contributed by atoms with Gasteiger partial charge in [-0.1, -0.05) is 200 Å². The van der Waals surface area contributed by atoms with E-state index >= 15 is 0 Å². The molecule has 0 atom stereocenters. The Morgan fingerprint density at radius 3 is 1.30 bits per heavy atom. The molecule has 12 heteroatoms. The number of benzene rings is 16. The summed E-state index contributed by atoms with van der Waals surface area (Å²) in [4.78, 5) is 12.9. The largest absolute Gasteiger partial charge is 0.458 e. The second-order valence-electron chi connectivity index (χ2n) is 28.5. The zero-order valence-corrected chi connectivity index (χ0v) is 61.1. The predicted octanol–water partition coefficient (Wildman–Crippen LogP) is 24.6. The average Bonchev–Trinajstić information content (AvgIpc) is 0.728. The Bertz CT molecular complexity index is 7200. The summed E-state index contributed by atoms with van der Waals surface area (Å²) in [5.74, 6) is 1.69. The van der Waals surface area contributed by atoms with Crippen molar-refractivity contribution < 1.29 is 4.74 Å². The molecule has 0 saturated heterocycles. The summed E-state index contributed by atoms with van der Waals surface area (Å²) in [6, 6.07) is 130. The van der Waals surface area contributed by atoms with Crippen LogP contribution in [0.4, 0.5) is 85.3 Å². The number of fused-ring (bicyclic) bond motifs is 20. The van der Waals surface area contributed by atoms with Crippen molar-refractivity contribution in [3.63, 3.8) is 0 Å². The first-order valence-electron chi connectivity index (χ1n) is 36.8. The maximum absolute atomic E-state index is 7.60. The third-order valence-corrected chi connectivity index (χ3v) is 27.4. The van der Waals surface area contributed by atoms with E-state index in [1.807, 2.05) is 45.3 Å². The van der Waals surface area contributed by atoms with Gasteiger partial charge in [-0.05, 0) is 172 Å². The van der Waals surface area contributed by atoms with Gasteiger partial charge in [0.1, 0.15) is 11.5 Å². The van der Waals surface area contributed by atoms with Crippen LogP contribution in [0.15, 0.2) is 346 Å². The molecule has 0 aliphatic carbocycles. The molecule has 502 valence electrons. The summed E-state index contributed by atoms with van der Waals surface area (Å²) in [7, 11) is 0. The predicted molar refractivity (Wildman–Crippen MR) is 467 cm³/mol. The van der Waals surface area contributed by atoms with Gasteiger partial charge >= 0.3 is 0 Å². The quantitative estimate of drug-likeness (QED) is 0.134. The summed E-state index contributed by atoms with van der Waals surface area (Å²) < 4.78 is 17.6. The van der Waals surface area contributed by atoms with Crippen molar-refractivity contribution in [2.24, 2.45) is 0 Å². The molecule has 0 N–H and O–H groups in total. The Balaban J connectivity index is 0.848. The summed E-state index contributed by atoms with van der Waals surface area (Å²) in [5.41, 5.74) is 23.6. The van der Waals surface area contributed by atoms with Crippen molar-refractivity contribution in [2.75, 3.05) is 24.5 Å². The standard InChI is InChI=1S/C96H57B2N5OS4/c1-4-26-58(27-5-1)99(73-40-23-49-88-91(73)65-33-11-19-46-85(65)105-88)61-52-79-94-80(53-61)102(74-41-24-50-89-92(74)66-34-12-20-47-86(66)106-89)77-57-78-71(56-70(77)97(94)68-37-14-16-39-72(68)101(79)60-30-8-3-9-31-60)98-69-38-15-17-44-82(69)104-83-55-62(54-81(95(83)98)103(78)75-42-25-51-90-93(75)67-35-13-21-48-87(67)107-90)100(59-28-6-2-7-29-59)76-43-22-36-64-63-32-10-18-45-84(63)108-96(64)76/h1-57H. The molecule has 8 heterocycles. The minimum Gasteiger partial charge on any atom is -0.458 e. The van der Waals surface area contributed by atoms with Gasteiger partial charge < -0.3 is 29.2 Å². The van der Waals surface area contributed by atoms with E-state index in [9.17, 15) is 0 Å². The highest BCUT2D eigenvalue weighted by molar-refractivity contribution is 7.27. The van der Waals surface area contributed by atoms with Gasteiger partial charge in [0.05, 0.1) is 38.8 Å². The van der Waals surface area contributed by atoms with Gasteiger partial charge in [-0.25, -0.2) is 0 Å². The van der Waals surface area contributed by atoms with E-state index in [2.05, 4.69) is 370 Å². The second kappa shape index (κ2) is 23.4. The van der Waals surface area contributed by atoms with Crippen LogP contribution in [-0.2, 0) is 0 Å². The number of thiophene rings is 4. The maximum atomic E-state index is 7.60. The smallest absolute Gasteiger partial charge is 0.256 e. The number of hydrogen-bond acceptors (Lipinski definition) is 10. The van der Waals surface area contributed by atoms with Gasteiger partial charge in [0, 0.05) is 133 Å². The van der Waals surface area contributed by atoms with E-state index in [0.29, 0.717) is 0 Å². The summed E-state index contributed by atoms with van der Waals surface area (Å²) in [5, 5.41) is 9.88. The first kappa shape index (κ1) is 60.6. The zero-order valence-electron chi connectivity index (χ0n) is 57.8. The molecule has 16 aromatic carbocycles. The lowest BCUT2D eigenvalue weighted by atomic mass is 9.30. The highest BCUT2D eigenvalue weighted by Gasteiger charge is 2.49. The van der Waals surface area contributed by atoms with E-state index in [4.69, 9.17) is 4.74 Å². The van der Waals surface area contributed by atoms with Crippen LogP contribution in [0.3, 0.4) is 0 Å². The minimum absolute atomic E-state index is 0.239. The van der Waals surface area contributed by atoms with Crippen LogP contribution >= 0.6 is 45.3 Å². The van der Waals surface area contributed by atoms with Gasteiger partial charge in [-0.3, -0.25) is 0 Å². The van der Waals surface area contributed by atoms with Gasteiger partial charge in [0.15, 0.2) is 0 Å². The molecule has 0 spiro atoms. The summed E-state index contributed by atoms with van der Waals surface area (Å²) in [6.45, 7) is -0.493. The number of rotatable bonds is 9. The minimum atomic E-state index is -0.254. The Morgan fingerprint density at radius 2 is 0.667 bits per heavy atom. The lowest BCUT2D eigenvalue weighted by Gasteiger charge is -2.47. The fraction of sp³-hybridized carbons (Fsp3) is 0. The Labute approximate surface area is 639 Å². The van der Waals surface area contributed by atoms with Crippen LogP contribution < -0.4 is 62.0 Å². The van der Waals surface area contributed by atoms with Crippen molar-refractivity contribution in [2.45, 2.75) is 0 Å². The number of anilines is 15. The fourth-order valence-corrected chi connectivity index (χ4v) is 23.1. The third kappa shape index (κ3) is 8.76. The molecule has 0 amide bonds. The van der Waals surface area contributed by atoms with E-state index < -0.39 is 0 Å². The number of para-hydroxylation sites is 5. The molecule has 4 aliphatic rings. The Kier molecular flexibility index (Phi) is 13.1. The SMILES string of the molecule is c1ccc(N2c3ccccc3B3c4cc5c(cc4N(c4cccc6sc7ccccc7c46)c4cc(N(c6ccccc6)c6cccc7sc8ccccc8c67)cc2c43)N(c2cccc3sc4ccccc4c23)c2cc(N(c3ccccc3)c3cccc4c3sc3ccccc34)cc3c2B5c2ccccc2O3)cc1. The highest BCUT2D eigenvalue weighted by atomic mass is 32.1. The fourth-order valence-electron chi connectivity index (χ4n) is 18.5. The van der Waals surface area contributed by atoms with E-state index in [1.165, 1.54) is 103 Å². The number of hydrogen-bond donors (Lipinski definition) is 0. The molecule has 0 fully saturated rings. The van der Waals surface area contributed by atoms with Gasteiger partial charge in [0.2, 0.25) is 0 Å². The first-order valence-corrected chi connectivity index (χ1v) is 40.0. The topological polar surface area (TPSA) is 25.4 Å². The molecule has 0 saturated carbocycles. The molecule has 0 unspecified atom stereocenters. The highest BCUT2D eigenvalue weighted by Crippen LogP contribution is 2.56. The van der Waals surface area contributed by atoms with Crippen molar-refractivity contribution in [1.29, 1.82) is 0 Å². The van der Waals surface area contributed by atoms with E-state index in [-0.39, 0.29) is 13.4 Å². The second-order valence-corrected chi connectivity index (χ2v) is 32.8. The molecular weight excluding hydrogens is 1390 g/mol. The van der Waals surface area contributed by atoms with Crippen LogP contribution in [0.25, 0.3) is 80.7 Å². The summed E-state index contributed by atoms with van der Waals surface area (Å²) >= 11 is 7.46. The van der Waals surface area contributed by atoms with E-state index in [1.54, 1.807) is 0 Å². The molecule has 0 bridgehead atoms. The Morgan fingerprint density at radius 1 is 0.241 bits per heavy atom. The van der Waals surface area contributed by atoms with Crippen LogP contribution in [-0.4, -0.2) is 13.4 Å². The molecular formula is C96H57B2N5OS4. The first-order chi connectivity index (χ1) is 53.6. The zero-order chi connectivity index (χ0) is 70.4. The van der Waals surface area contributed by atoms with Crippen molar-refractivity contribution in [1.82, 2.24) is 0 Å². The molecule has 6 nitrogen and oxygen atoms in total. The average molecular weight is 1450 g/mol. The van der Waals surface area contributed by atoms with Crippen molar-refractivity contribution >= 4 is 258 Å². The summed E-state index contributed by atoms with van der Waals surface area (Å²) in [6.07, 6.45) is 0. The van der Waals surface area contributed by atoms with Gasteiger partial charge in [-0.2, -0.15) is 0 Å². The van der Waals surface area contributed by atoms with E-state index in [0.717, 1.165) is 108 Å². The molecule has 108 heavy (non-hydrogen) atoms. The van der Waals surface area contributed by atoms with Gasteiger partial charge in [-0.15, -0.1) is 45.3 Å². The normalized spacial score (nSPS) is 13.2. The molecule has 20 aromatic rings. The molecule has 24 rings (SSSR count). The van der Waals surface area contributed by atoms with Gasteiger partial charge in [0.25, 0.3) is 13.4 Å². The molecule has 4 aliphatic heterocycles. The lowest BCUT2D eigenvalue weighted by molar-refractivity contribution is 0.487. The van der Waals surface area contributed by atoms with Crippen LogP contribution in [0.1, 0.15) is 0 Å². The monoisotopic (exact) mass is 1450 g/mol. The van der Waals surface area contributed by atoms with Crippen LogP contribution in [0.5, 0.6) is 11.5 Å². The van der Waals surface area contributed by atoms with Crippen molar-refractivity contribution in [3.8, 4) is 11.5 Å². The third-order valence-electron chi connectivity index (χ3n) is 22.8. The van der Waals surface area contributed by atoms with Crippen molar-refractivity contribution in [3.05, 3.63) is 346 Å². The van der Waals surface area contributed by atoms with Crippen LogP contribution in [0.2, 0.25) is 0 Å². The lowest BCUT2D eigenvalue weighted by Crippen LogP contribution is -2.64. The number of nitrogens with zero attached hydrogens (tertiary/aromatic N) is 5. The van der Waals surface area contributed by atoms with Crippen LogP contribution in [0, 0.1) is 0 Å². The maximum Gasteiger partial charge on any atom is 0.256 e. The Hall–Kier alpha value is -12.7.